The predicted molar refractivity (Wildman–Crippen MR) is 70.0 cm³/mol. The van der Waals surface area contributed by atoms with E-state index in [0.29, 0.717) is 11.6 Å². The minimum absolute atomic E-state index is 0.140. The van der Waals surface area contributed by atoms with Gasteiger partial charge in [-0.25, -0.2) is 0 Å². The Morgan fingerprint density at radius 3 is 2.95 bits per heavy atom. The average Bonchev–Trinajstić information content (AvgIpc) is 2.77. The fourth-order valence-corrected chi connectivity index (χ4v) is 1.75. The SMILES string of the molecule is CONC1C(=NOCCOC(C)=O)Oc2ccccc21. The molecule has 2 rings (SSSR count). The summed E-state index contributed by atoms with van der Waals surface area (Å²) in [5.41, 5.74) is 3.70. The molecule has 1 unspecified atom stereocenters. The van der Waals surface area contributed by atoms with Crippen LogP contribution >= 0.6 is 0 Å². The Bertz CT molecular complexity index is 503. The maximum Gasteiger partial charge on any atom is 0.302 e. The third kappa shape index (κ3) is 3.46. The highest BCUT2D eigenvalue weighted by Gasteiger charge is 2.31. The van der Waals surface area contributed by atoms with Crippen molar-refractivity contribution in [2.24, 2.45) is 5.16 Å². The molecule has 0 aromatic heterocycles. The summed E-state index contributed by atoms with van der Waals surface area (Å²) in [7, 11) is 1.51. The Morgan fingerprint density at radius 2 is 2.20 bits per heavy atom. The summed E-state index contributed by atoms with van der Waals surface area (Å²) >= 11 is 0. The first-order valence-corrected chi connectivity index (χ1v) is 6.11. The van der Waals surface area contributed by atoms with Crippen LogP contribution in [0.3, 0.4) is 0 Å². The lowest BCUT2D eigenvalue weighted by molar-refractivity contribution is -0.142. The molecule has 1 aliphatic heterocycles. The van der Waals surface area contributed by atoms with Gasteiger partial charge in [0.25, 0.3) is 5.90 Å². The van der Waals surface area contributed by atoms with Gasteiger partial charge >= 0.3 is 5.97 Å². The number of hydroxylamine groups is 1. The number of benzene rings is 1. The van der Waals surface area contributed by atoms with E-state index in [2.05, 4.69) is 10.6 Å². The molecule has 0 bridgehead atoms. The molecule has 0 aliphatic carbocycles. The van der Waals surface area contributed by atoms with E-state index in [9.17, 15) is 4.79 Å². The lowest BCUT2D eigenvalue weighted by atomic mass is 10.1. The summed E-state index contributed by atoms with van der Waals surface area (Å²) in [6.07, 6.45) is 0. The van der Waals surface area contributed by atoms with E-state index >= 15 is 0 Å². The van der Waals surface area contributed by atoms with Crippen LogP contribution in [0.25, 0.3) is 0 Å². The minimum Gasteiger partial charge on any atom is -0.462 e. The average molecular weight is 280 g/mol. The second kappa shape index (κ2) is 6.88. The molecule has 7 heteroatoms. The molecule has 108 valence electrons. The second-order valence-electron chi connectivity index (χ2n) is 4.00. The number of para-hydroxylation sites is 1. The van der Waals surface area contributed by atoms with Crippen LogP contribution in [-0.2, 0) is 19.2 Å². The van der Waals surface area contributed by atoms with Gasteiger partial charge in [0.1, 0.15) is 18.4 Å². The summed E-state index contributed by atoms with van der Waals surface area (Å²) in [5, 5.41) is 3.90. The number of carbonyl (C=O) groups excluding carboxylic acids is 1. The number of nitrogens with zero attached hydrogens (tertiary/aromatic N) is 1. The highest BCUT2D eigenvalue weighted by molar-refractivity contribution is 5.89. The third-order valence-corrected chi connectivity index (χ3v) is 2.56. The third-order valence-electron chi connectivity index (χ3n) is 2.56. The molecule has 1 aliphatic rings. The van der Waals surface area contributed by atoms with Crippen molar-refractivity contribution in [2.75, 3.05) is 20.3 Å². The van der Waals surface area contributed by atoms with E-state index in [1.807, 2.05) is 24.3 Å². The number of ether oxygens (including phenoxy) is 2. The predicted octanol–water partition coefficient (Wildman–Crippen LogP) is 1.16. The van der Waals surface area contributed by atoms with Crippen LogP contribution in [0.1, 0.15) is 18.5 Å². The molecule has 1 atom stereocenters. The van der Waals surface area contributed by atoms with Gasteiger partial charge in [-0.1, -0.05) is 18.2 Å². The van der Waals surface area contributed by atoms with Crippen LogP contribution in [0.4, 0.5) is 0 Å². The van der Waals surface area contributed by atoms with Crippen LogP contribution in [0, 0.1) is 0 Å². The first kappa shape index (κ1) is 14.3. The second-order valence-corrected chi connectivity index (χ2v) is 4.00. The highest BCUT2D eigenvalue weighted by Crippen LogP contribution is 2.33. The van der Waals surface area contributed by atoms with Crippen molar-refractivity contribution in [2.45, 2.75) is 13.0 Å². The van der Waals surface area contributed by atoms with E-state index in [1.54, 1.807) is 0 Å². The monoisotopic (exact) mass is 280 g/mol. The number of oxime groups is 1. The van der Waals surface area contributed by atoms with E-state index in [0.717, 1.165) is 5.56 Å². The highest BCUT2D eigenvalue weighted by atomic mass is 16.7. The summed E-state index contributed by atoms with van der Waals surface area (Å²) < 4.78 is 10.3. The van der Waals surface area contributed by atoms with E-state index in [-0.39, 0.29) is 25.2 Å². The van der Waals surface area contributed by atoms with Crippen LogP contribution in [0.2, 0.25) is 0 Å². The molecule has 1 heterocycles. The van der Waals surface area contributed by atoms with Crippen LogP contribution in [0.15, 0.2) is 29.4 Å². The molecule has 0 fully saturated rings. The van der Waals surface area contributed by atoms with E-state index in [1.165, 1.54) is 14.0 Å². The molecule has 0 radical (unpaired) electrons. The Morgan fingerprint density at radius 1 is 1.40 bits per heavy atom. The van der Waals surface area contributed by atoms with E-state index < -0.39 is 0 Å². The number of esters is 1. The molecule has 0 spiro atoms. The normalized spacial score (nSPS) is 18.5. The summed E-state index contributed by atoms with van der Waals surface area (Å²) in [4.78, 5) is 20.6. The van der Waals surface area contributed by atoms with Crippen molar-refractivity contribution in [1.29, 1.82) is 0 Å². The summed E-state index contributed by atoms with van der Waals surface area (Å²) in [6, 6.07) is 7.18. The number of hydrogen-bond acceptors (Lipinski definition) is 7. The van der Waals surface area contributed by atoms with Gasteiger partial charge in [0.2, 0.25) is 0 Å². The van der Waals surface area contributed by atoms with Crippen LogP contribution in [-0.4, -0.2) is 32.2 Å². The van der Waals surface area contributed by atoms with Crippen molar-refractivity contribution in [3.63, 3.8) is 0 Å². The van der Waals surface area contributed by atoms with Gasteiger partial charge in [-0.05, 0) is 11.2 Å². The molecule has 1 aromatic rings. The lowest BCUT2D eigenvalue weighted by Gasteiger charge is -2.09. The molecule has 1 aromatic carbocycles. The molecule has 0 amide bonds. The van der Waals surface area contributed by atoms with Gasteiger partial charge in [0.05, 0.1) is 7.11 Å². The topological polar surface area (TPSA) is 78.4 Å². The van der Waals surface area contributed by atoms with E-state index in [4.69, 9.17) is 19.1 Å². The van der Waals surface area contributed by atoms with Gasteiger partial charge in [0.15, 0.2) is 6.61 Å². The maximum atomic E-state index is 10.6. The zero-order valence-corrected chi connectivity index (χ0v) is 11.3. The van der Waals surface area contributed by atoms with Crippen LogP contribution < -0.4 is 10.2 Å². The molecule has 1 N–H and O–H groups in total. The number of hydrogen-bond donors (Lipinski definition) is 1. The fraction of sp³-hybridized carbons (Fsp3) is 0.385. The fourth-order valence-electron chi connectivity index (χ4n) is 1.75. The quantitative estimate of drug-likeness (QED) is 0.478. The van der Waals surface area contributed by atoms with Crippen molar-refractivity contribution in [1.82, 2.24) is 5.48 Å². The molecular formula is C13H16N2O5. The van der Waals surface area contributed by atoms with Gasteiger partial charge < -0.3 is 19.1 Å². The van der Waals surface area contributed by atoms with Crippen molar-refractivity contribution >= 4 is 11.9 Å². The summed E-state index contributed by atoms with van der Waals surface area (Å²) in [5.74, 6) is 0.685. The largest absolute Gasteiger partial charge is 0.462 e. The standard InChI is InChI=1S/C13H16N2O5/c1-9(16)18-7-8-19-15-13-12(14-17-2)10-5-3-4-6-11(10)20-13/h3-6,12,14H,7-8H2,1-2H3. The molecular weight excluding hydrogens is 264 g/mol. The van der Waals surface area contributed by atoms with Gasteiger partial charge in [-0.3, -0.25) is 4.79 Å². The first-order valence-electron chi connectivity index (χ1n) is 6.11. The van der Waals surface area contributed by atoms with Crippen molar-refractivity contribution in [3.05, 3.63) is 29.8 Å². The number of carbonyl (C=O) groups is 1. The van der Waals surface area contributed by atoms with Gasteiger partial charge in [-0.15, -0.1) is 0 Å². The molecule has 0 saturated heterocycles. The maximum absolute atomic E-state index is 10.6. The smallest absolute Gasteiger partial charge is 0.302 e. The summed E-state index contributed by atoms with van der Waals surface area (Å²) in [6.45, 7) is 1.63. The molecule has 7 nitrogen and oxygen atoms in total. The number of rotatable bonds is 6. The first-order chi connectivity index (χ1) is 9.72. The van der Waals surface area contributed by atoms with Gasteiger partial charge in [-0.2, -0.15) is 5.48 Å². The Labute approximate surface area is 116 Å². The number of nitrogens with one attached hydrogen (secondary N) is 1. The van der Waals surface area contributed by atoms with Crippen molar-refractivity contribution in [3.8, 4) is 5.75 Å². The Balaban J connectivity index is 1.96. The lowest BCUT2D eigenvalue weighted by Crippen LogP contribution is -2.26. The zero-order chi connectivity index (χ0) is 14.4. The van der Waals surface area contributed by atoms with Gasteiger partial charge in [0, 0.05) is 12.5 Å². The number of fused-ring (bicyclic) bond motifs is 1. The molecule has 0 saturated carbocycles. The van der Waals surface area contributed by atoms with Crippen LogP contribution in [0.5, 0.6) is 5.75 Å². The molecule has 20 heavy (non-hydrogen) atoms. The Kier molecular flexibility index (Phi) is 4.91. The zero-order valence-electron chi connectivity index (χ0n) is 11.3. The van der Waals surface area contributed by atoms with Crippen molar-refractivity contribution < 1.29 is 23.9 Å². The Hall–Kier alpha value is -2.12. The minimum atomic E-state index is -0.357.